The van der Waals surface area contributed by atoms with Crippen molar-refractivity contribution in [3.8, 4) is 0 Å². The van der Waals surface area contributed by atoms with E-state index in [1.165, 1.54) is 74.9 Å². The molecule has 0 heterocycles. The third kappa shape index (κ3) is 6.02. The number of benzene rings is 2. The third-order valence-corrected chi connectivity index (χ3v) is 7.61. The number of methoxy groups -OCH3 is 2. The van der Waals surface area contributed by atoms with E-state index in [0.717, 1.165) is 0 Å². The second-order valence-electron chi connectivity index (χ2n) is 9.91. The van der Waals surface area contributed by atoms with Crippen LogP contribution in [0.5, 0.6) is 0 Å². The number of hydrogen-bond acceptors (Lipinski definition) is 10. The van der Waals surface area contributed by atoms with Gasteiger partial charge >= 0.3 is 35.8 Å². The van der Waals surface area contributed by atoms with Gasteiger partial charge in [-0.15, -0.1) is 0 Å². The highest BCUT2D eigenvalue weighted by Gasteiger charge is 2.61. The number of carboxylic acids is 2. The van der Waals surface area contributed by atoms with Gasteiger partial charge in [-0.1, -0.05) is 36.4 Å². The highest BCUT2D eigenvalue weighted by atomic mass is 16.5. The maximum absolute atomic E-state index is 13.2. The van der Waals surface area contributed by atoms with E-state index in [-0.39, 0.29) is 24.3 Å². The molecule has 2 aromatic carbocycles. The molecule has 2 aromatic rings. The van der Waals surface area contributed by atoms with Gasteiger partial charge in [0.05, 0.1) is 49.0 Å². The number of esters is 4. The summed E-state index contributed by atoms with van der Waals surface area (Å²) in [5, 5.41) is 20.1. The summed E-state index contributed by atoms with van der Waals surface area (Å²) >= 11 is 0. The van der Waals surface area contributed by atoms with E-state index in [2.05, 4.69) is 9.47 Å². The molecule has 3 aliphatic rings. The Hall–Kier alpha value is -5.00. The Bertz CT molecular complexity index is 1300. The molecule has 1 saturated carbocycles. The fourth-order valence-corrected chi connectivity index (χ4v) is 5.59. The maximum Gasteiger partial charge on any atom is 0.337 e. The Labute approximate surface area is 239 Å². The summed E-state index contributed by atoms with van der Waals surface area (Å²) in [5.41, 5.74) is 1.59. The lowest BCUT2D eigenvalue weighted by Gasteiger charge is -2.48. The van der Waals surface area contributed by atoms with Gasteiger partial charge in [-0.25, -0.2) is 9.59 Å². The van der Waals surface area contributed by atoms with Crippen molar-refractivity contribution in [1.29, 1.82) is 0 Å². The molecule has 220 valence electrons. The summed E-state index contributed by atoms with van der Waals surface area (Å²) in [7, 11) is 2.48. The number of rotatable bonds is 10. The molecule has 12 heteroatoms. The molecule has 3 aliphatic carbocycles. The van der Waals surface area contributed by atoms with Gasteiger partial charge in [0.2, 0.25) is 0 Å². The standard InChI is InChI=1S/C30H28O12/c1-39-27(35)17-7-3-15(4-8-17)13-41-29(37)23-19-11-12-20(21(23)25(31)32)24(22(19)26(33)34)30(38)42-14-16-5-9-18(10-6-16)28(36)40-2/h3-12,19-24H,13-14H2,1-2H3,(H,31,32)(H,33,34). The highest BCUT2D eigenvalue weighted by Crippen LogP contribution is 2.52. The van der Waals surface area contributed by atoms with Crippen LogP contribution in [0.2, 0.25) is 0 Å². The lowest BCUT2D eigenvalue weighted by molar-refractivity contribution is -0.183. The number of ether oxygens (including phenoxy) is 4. The van der Waals surface area contributed by atoms with Gasteiger partial charge in [0.25, 0.3) is 0 Å². The van der Waals surface area contributed by atoms with E-state index in [4.69, 9.17) is 9.47 Å². The van der Waals surface area contributed by atoms with Gasteiger partial charge in [-0.3, -0.25) is 19.2 Å². The van der Waals surface area contributed by atoms with Crippen molar-refractivity contribution in [1.82, 2.24) is 0 Å². The van der Waals surface area contributed by atoms with Crippen LogP contribution in [-0.2, 0) is 51.3 Å². The number of carbonyl (C=O) groups is 6. The molecular formula is C30H28O12. The lowest BCUT2D eigenvalue weighted by atomic mass is 9.53. The Kier molecular flexibility index (Phi) is 9.04. The summed E-state index contributed by atoms with van der Waals surface area (Å²) in [6.07, 6.45) is 2.91. The normalized spacial score (nSPS) is 23.9. The molecule has 0 aromatic heterocycles. The van der Waals surface area contributed by atoms with Crippen LogP contribution in [-0.4, -0.2) is 60.2 Å². The molecule has 5 rings (SSSR count). The molecule has 42 heavy (non-hydrogen) atoms. The fourth-order valence-electron chi connectivity index (χ4n) is 5.59. The number of fused-ring (bicyclic) bond motifs is 2. The minimum absolute atomic E-state index is 0.248. The van der Waals surface area contributed by atoms with Crippen LogP contribution in [0.15, 0.2) is 60.7 Å². The number of hydrogen-bond donors (Lipinski definition) is 2. The second kappa shape index (κ2) is 12.7. The molecule has 0 radical (unpaired) electrons. The van der Waals surface area contributed by atoms with Crippen molar-refractivity contribution in [2.24, 2.45) is 35.5 Å². The van der Waals surface area contributed by atoms with Gasteiger partial charge in [-0.05, 0) is 35.4 Å². The van der Waals surface area contributed by atoms with Gasteiger partial charge in [0.15, 0.2) is 0 Å². The minimum Gasteiger partial charge on any atom is -0.481 e. The molecular weight excluding hydrogens is 552 g/mol. The van der Waals surface area contributed by atoms with E-state index in [9.17, 15) is 39.0 Å². The van der Waals surface area contributed by atoms with Crippen molar-refractivity contribution in [2.75, 3.05) is 14.2 Å². The molecule has 0 saturated heterocycles. The zero-order valence-electron chi connectivity index (χ0n) is 22.6. The fraction of sp³-hybridized carbons (Fsp3) is 0.333. The molecule has 1 fully saturated rings. The number of carboxylic acid groups (broad SMARTS) is 2. The average Bonchev–Trinajstić information content (AvgIpc) is 3.01. The van der Waals surface area contributed by atoms with Gasteiger partial charge in [0, 0.05) is 11.8 Å². The number of allylic oxidation sites excluding steroid dienone is 2. The van der Waals surface area contributed by atoms with Crippen molar-refractivity contribution in [2.45, 2.75) is 13.2 Å². The topological polar surface area (TPSA) is 180 Å². The van der Waals surface area contributed by atoms with Crippen molar-refractivity contribution < 1.29 is 57.9 Å². The molecule has 0 aliphatic heterocycles. The third-order valence-electron chi connectivity index (χ3n) is 7.61. The van der Waals surface area contributed by atoms with Crippen LogP contribution in [0.3, 0.4) is 0 Å². The zero-order chi connectivity index (χ0) is 30.6. The first kappa shape index (κ1) is 30.0. The Morgan fingerprint density at radius 1 is 0.571 bits per heavy atom. The largest absolute Gasteiger partial charge is 0.481 e. The zero-order valence-corrected chi connectivity index (χ0v) is 22.6. The molecule has 0 amide bonds. The van der Waals surface area contributed by atoms with E-state index in [1.807, 2.05) is 0 Å². The molecule has 2 N–H and O–H groups in total. The summed E-state index contributed by atoms with van der Waals surface area (Å²) in [4.78, 5) is 74.4. The van der Waals surface area contributed by atoms with Crippen molar-refractivity contribution in [3.63, 3.8) is 0 Å². The monoisotopic (exact) mass is 580 g/mol. The Morgan fingerprint density at radius 2 is 0.905 bits per heavy atom. The van der Waals surface area contributed by atoms with E-state index >= 15 is 0 Å². The SMILES string of the molecule is COC(=O)c1ccc(COC(=O)C2C3C=CC(C2C(=O)O)C(C(=O)OCc2ccc(C(=O)OC)cc2)C3C(=O)O)cc1. The van der Waals surface area contributed by atoms with Crippen LogP contribution in [0.4, 0.5) is 0 Å². The van der Waals surface area contributed by atoms with E-state index < -0.39 is 71.3 Å². The summed E-state index contributed by atoms with van der Waals surface area (Å²) in [5.74, 6) is -13.5. The Morgan fingerprint density at radius 3 is 1.19 bits per heavy atom. The van der Waals surface area contributed by atoms with Gasteiger partial charge in [-0.2, -0.15) is 0 Å². The smallest absolute Gasteiger partial charge is 0.337 e. The Balaban J connectivity index is 1.49. The number of carbonyl (C=O) groups excluding carboxylic acids is 4. The van der Waals surface area contributed by atoms with Crippen molar-refractivity contribution >= 4 is 35.8 Å². The minimum atomic E-state index is -1.43. The van der Waals surface area contributed by atoms with E-state index in [1.54, 1.807) is 0 Å². The molecule has 6 unspecified atom stereocenters. The van der Waals surface area contributed by atoms with Crippen LogP contribution in [0, 0.1) is 35.5 Å². The number of aliphatic carboxylic acids is 2. The van der Waals surface area contributed by atoms with Crippen LogP contribution in [0.25, 0.3) is 0 Å². The van der Waals surface area contributed by atoms with E-state index in [0.29, 0.717) is 11.1 Å². The molecule has 0 spiro atoms. The highest BCUT2D eigenvalue weighted by molar-refractivity contribution is 5.91. The maximum atomic E-state index is 13.2. The molecule has 12 nitrogen and oxygen atoms in total. The summed E-state index contributed by atoms with van der Waals surface area (Å²) in [6, 6.07) is 12.1. The average molecular weight is 581 g/mol. The van der Waals surface area contributed by atoms with Crippen LogP contribution in [0.1, 0.15) is 31.8 Å². The second-order valence-corrected chi connectivity index (χ2v) is 9.91. The molecule has 6 atom stereocenters. The van der Waals surface area contributed by atoms with Gasteiger partial charge < -0.3 is 29.2 Å². The first-order valence-electron chi connectivity index (χ1n) is 12.9. The van der Waals surface area contributed by atoms with Crippen molar-refractivity contribution in [3.05, 3.63) is 82.9 Å². The first-order chi connectivity index (χ1) is 20.1. The lowest BCUT2D eigenvalue weighted by Crippen LogP contribution is -2.57. The van der Waals surface area contributed by atoms with Gasteiger partial charge in [0.1, 0.15) is 13.2 Å². The van der Waals surface area contributed by atoms with Crippen LogP contribution >= 0.6 is 0 Å². The first-order valence-corrected chi connectivity index (χ1v) is 12.9. The predicted molar refractivity (Wildman–Crippen MR) is 141 cm³/mol. The molecule has 2 bridgehead atoms. The summed E-state index contributed by atoms with van der Waals surface area (Å²) < 4.78 is 20.1. The quantitative estimate of drug-likeness (QED) is 0.239. The summed E-state index contributed by atoms with van der Waals surface area (Å²) in [6.45, 7) is -0.496. The van der Waals surface area contributed by atoms with Crippen LogP contribution < -0.4 is 0 Å². The predicted octanol–water partition coefficient (Wildman–Crippen LogP) is 2.50.